The van der Waals surface area contributed by atoms with Crippen LogP contribution in [0.15, 0.2) is 30.3 Å². The molecule has 0 heterocycles. The third kappa shape index (κ3) is 4.20. The molecule has 0 spiro atoms. The minimum atomic E-state index is -1.26. The highest BCUT2D eigenvalue weighted by Gasteiger charge is 2.30. The minimum absolute atomic E-state index is 0.185. The van der Waals surface area contributed by atoms with Crippen molar-refractivity contribution in [2.24, 2.45) is 5.41 Å². The number of rotatable bonds is 4. The molecule has 4 heteroatoms. The van der Waals surface area contributed by atoms with Crippen molar-refractivity contribution >= 4 is 11.9 Å². The fraction of sp³-hybridized carbons (Fsp3) is 0.429. The maximum absolute atomic E-state index is 11.8. The Morgan fingerprint density at radius 2 is 1.78 bits per heavy atom. The van der Waals surface area contributed by atoms with Gasteiger partial charge in [0, 0.05) is 0 Å². The fourth-order valence-electron chi connectivity index (χ4n) is 1.40. The summed E-state index contributed by atoms with van der Waals surface area (Å²) in [5.41, 5.74) is 0.249. The third-order valence-corrected chi connectivity index (χ3v) is 2.26. The molecule has 0 amide bonds. The molecule has 0 saturated heterocycles. The lowest BCUT2D eigenvalue weighted by Crippen LogP contribution is -2.27. The second-order valence-electron chi connectivity index (χ2n) is 5.35. The predicted molar refractivity (Wildman–Crippen MR) is 67.2 cm³/mol. The molecule has 0 aliphatic heterocycles. The molecule has 0 aliphatic carbocycles. The molecule has 0 bridgehead atoms. The van der Waals surface area contributed by atoms with E-state index in [1.807, 2.05) is 20.8 Å². The van der Waals surface area contributed by atoms with Gasteiger partial charge in [-0.2, -0.15) is 0 Å². The normalized spacial score (nSPS) is 12.8. The van der Waals surface area contributed by atoms with Gasteiger partial charge in [0.1, 0.15) is 0 Å². The van der Waals surface area contributed by atoms with Crippen molar-refractivity contribution in [1.29, 1.82) is 0 Å². The molecule has 1 rings (SSSR count). The van der Waals surface area contributed by atoms with Gasteiger partial charge < -0.3 is 9.84 Å². The number of carbonyl (C=O) groups is 2. The number of esters is 1. The van der Waals surface area contributed by atoms with E-state index in [9.17, 15) is 9.59 Å². The van der Waals surface area contributed by atoms with Crippen LogP contribution in [0.1, 0.15) is 32.3 Å². The number of carbonyl (C=O) groups excluding carboxylic acids is 1. The summed E-state index contributed by atoms with van der Waals surface area (Å²) < 4.78 is 5.06. The molecule has 0 aromatic heterocycles. The number of benzene rings is 1. The van der Waals surface area contributed by atoms with E-state index >= 15 is 0 Å². The molecule has 98 valence electrons. The Labute approximate surface area is 107 Å². The standard InChI is InChI=1S/C14H18O4/c1-14(2,3)9-18-13(17)11(12(15)16)10-7-5-4-6-8-10/h4-8,11H,9H2,1-3H3,(H,15,16). The van der Waals surface area contributed by atoms with E-state index in [1.54, 1.807) is 30.3 Å². The van der Waals surface area contributed by atoms with Gasteiger partial charge in [-0.05, 0) is 11.0 Å². The highest BCUT2D eigenvalue weighted by atomic mass is 16.5. The van der Waals surface area contributed by atoms with Crippen molar-refractivity contribution in [3.8, 4) is 0 Å². The molecule has 1 unspecified atom stereocenters. The Bertz CT molecular complexity index is 417. The van der Waals surface area contributed by atoms with E-state index in [2.05, 4.69) is 0 Å². The average molecular weight is 250 g/mol. The zero-order valence-corrected chi connectivity index (χ0v) is 10.8. The number of hydrogen-bond donors (Lipinski definition) is 1. The molecular weight excluding hydrogens is 232 g/mol. The highest BCUT2D eigenvalue weighted by molar-refractivity contribution is 5.99. The molecule has 1 atom stereocenters. The molecule has 0 aliphatic rings. The van der Waals surface area contributed by atoms with Gasteiger partial charge in [0.05, 0.1) is 6.61 Å². The summed E-state index contributed by atoms with van der Waals surface area (Å²) in [5, 5.41) is 9.13. The number of hydrogen-bond acceptors (Lipinski definition) is 3. The second kappa shape index (κ2) is 5.67. The van der Waals surface area contributed by atoms with Crippen LogP contribution in [-0.2, 0) is 14.3 Å². The minimum Gasteiger partial charge on any atom is -0.480 e. The molecule has 0 fully saturated rings. The van der Waals surface area contributed by atoms with Crippen LogP contribution in [0.2, 0.25) is 0 Å². The Hall–Kier alpha value is -1.84. The predicted octanol–water partition coefficient (Wildman–Crippen LogP) is 2.44. The van der Waals surface area contributed by atoms with Crippen LogP contribution < -0.4 is 0 Å². The Morgan fingerprint density at radius 3 is 2.22 bits per heavy atom. The lowest BCUT2D eigenvalue weighted by molar-refractivity contribution is -0.156. The van der Waals surface area contributed by atoms with Crippen molar-refractivity contribution in [2.75, 3.05) is 6.61 Å². The van der Waals surface area contributed by atoms with E-state index in [-0.39, 0.29) is 12.0 Å². The van der Waals surface area contributed by atoms with Crippen molar-refractivity contribution in [1.82, 2.24) is 0 Å². The molecule has 0 radical (unpaired) electrons. The number of carboxylic acid groups (broad SMARTS) is 1. The zero-order chi connectivity index (χ0) is 13.8. The van der Waals surface area contributed by atoms with Crippen molar-refractivity contribution in [3.63, 3.8) is 0 Å². The molecular formula is C14H18O4. The molecule has 0 saturated carbocycles. The van der Waals surface area contributed by atoms with E-state index in [4.69, 9.17) is 9.84 Å². The summed E-state index contributed by atoms with van der Waals surface area (Å²) in [5.74, 6) is -3.17. The molecule has 1 aromatic carbocycles. The highest BCUT2D eigenvalue weighted by Crippen LogP contribution is 2.20. The maximum atomic E-state index is 11.8. The van der Waals surface area contributed by atoms with E-state index in [0.29, 0.717) is 5.56 Å². The molecule has 4 nitrogen and oxygen atoms in total. The first-order valence-electron chi connectivity index (χ1n) is 5.75. The number of aliphatic carboxylic acids is 1. The summed E-state index contributed by atoms with van der Waals surface area (Å²) in [6.45, 7) is 5.94. The molecule has 1 aromatic rings. The van der Waals surface area contributed by atoms with Gasteiger partial charge >= 0.3 is 11.9 Å². The van der Waals surface area contributed by atoms with E-state index in [1.165, 1.54) is 0 Å². The Kier molecular flexibility index (Phi) is 4.48. The summed E-state index contributed by atoms with van der Waals surface area (Å²) in [6, 6.07) is 8.38. The van der Waals surface area contributed by atoms with Crippen LogP contribution in [0.5, 0.6) is 0 Å². The lowest BCUT2D eigenvalue weighted by Gasteiger charge is -2.20. The quantitative estimate of drug-likeness (QED) is 0.658. The van der Waals surface area contributed by atoms with Gasteiger partial charge in [-0.15, -0.1) is 0 Å². The van der Waals surface area contributed by atoms with Crippen molar-refractivity contribution < 1.29 is 19.4 Å². The SMILES string of the molecule is CC(C)(C)COC(=O)C(C(=O)O)c1ccccc1. The summed E-state index contributed by atoms with van der Waals surface area (Å²) in [7, 11) is 0. The summed E-state index contributed by atoms with van der Waals surface area (Å²) in [4.78, 5) is 23.0. The first-order valence-corrected chi connectivity index (χ1v) is 5.75. The van der Waals surface area contributed by atoms with Crippen LogP contribution in [0.25, 0.3) is 0 Å². The van der Waals surface area contributed by atoms with Crippen molar-refractivity contribution in [2.45, 2.75) is 26.7 Å². The number of ether oxygens (including phenoxy) is 1. The number of carboxylic acids is 1. The van der Waals surface area contributed by atoms with E-state index in [0.717, 1.165) is 0 Å². The van der Waals surface area contributed by atoms with Crippen LogP contribution >= 0.6 is 0 Å². The zero-order valence-electron chi connectivity index (χ0n) is 10.8. The molecule has 18 heavy (non-hydrogen) atoms. The van der Waals surface area contributed by atoms with Crippen molar-refractivity contribution in [3.05, 3.63) is 35.9 Å². The molecule has 1 N–H and O–H groups in total. The first kappa shape index (κ1) is 14.2. The topological polar surface area (TPSA) is 63.6 Å². The average Bonchev–Trinajstić information content (AvgIpc) is 2.26. The van der Waals surface area contributed by atoms with Gasteiger partial charge in [-0.25, -0.2) is 0 Å². The van der Waals surface area contributed by atoms with Gasteiger partial charge in [0.2, 0.25) is 0 Å². The third-order valence-electron chi connectivity index (χ3n) is 2.26. The van der Waals surface area contributed by atoms with Crippen LogP contribution in [0.4, 0.5) is 0 Å². The second-order valence-corrected chi connectivity index (χ2v) is 5.35. The summed E-state index contributed by atoms with van der Waals surface area (Å²) in [6.07, 6.45) is 0. The fourth-order valence-corrected chi connectivity index (χ4v) is 1.40. The maximum Gasteiger partial charge on any atom is 0.324 e. The largest absolute Gasteiger partial charge is 0.480 e. The van der Waals surface area contributed by atoms with Crippen LogP contribution in [0.3, 0.4) is 0 Å². The van der Waals surface area contributed by atoms with Crippen LogP contribution in [0, 0.1) is 5.41 Å². The van der Waals surface area contributed by atoms with Gasteiger partial charge in [-0.1, -0.05) is 51.1 Å². The van der Waals surface area contributed by atoms with E-state index < -0.39 is 17.9 Å². The van der Waals surface area contributed by atoms with Gasteiger partial charge in [-0.3, -0.25) is 9.59 Å². The summed E-state index contributed by atoms with van der Waals surface area (Å²) >= 11 is 0. The monoisotopic (exact) mass is 250 g/mol. The smallest absolute Gasteiger partial charge is 0.324 e. The van der Waals surface area contributed by atoms with Gasteiger partial charge in [0.25, 0.3) is 0 Å². The lowest BCUT2D eigenvalue weighted by atomic mass is 9.97. The van der Waals surface area contributed by atoms with Crippen LogP contribution in [-0.4, -0.2) is 23.7 Å². The Balaban J connectivity index is 2.81. The first-order chi connectivity index (χ1) is 8.31. The van der Waals surface area contributed by atoms with Gasteiger partial charge in [0.15, 0.2) is 5.92 Å². The Morgan fingerprint density at radius 1 is 1.22 bits per heavy atom.